The molecular weight excluding hydrogens is 378 g/mol. The van der Waals surface area contributed by atoms with Crippen LogP contribution in [-0.4, -0.2) is 49.9 Å². The van der Waals surface area contributed by atoms with E-state index in [4.69, 9.17) is 4.18 Å². The summed E-state index contributed by atoms with van der Waals surface area (Å²) in [6, 6.07) is 4.19. The van der Waals surface area contributed by atoms with E-state index in [1.54, 1.807) is 0 Å². The topological polar surface area (TPSA) is 88.6 Å². The first kappa shape index (κ1) is 21.2. The second kappa shape index (κ2) is 9.80. The van der Waals surface area contributed by atoms with Crippen molar-refractivity contribution >= 4 is 16.3 Å². The van der Waals surface area contributed by atoms with Crippen LogP contribution in [0.15, 0.2) is 18.3 Å². The molecule has 1 aromatic heterocycles. The average Bonchev–Trinajstić information content (AvgIpc) is 2.73. The molecule has 0 spiro atoms. The summed E-state index contributed by atoms with van der Waals surface area (Å²) in [7, 11) is -4.01. The van der Waals surface area contributed by atoms with E-state index in [0.29, 0.717) is 38.8 Å². The largest absolute Gasteiger partial charge is 0.387 e. The smallest absolute Gasteiger partial charge is 0.334 e. The molecule has 3 rings (SSSR count). The Morgan fingerprint density at radius 1 is 1.21 bits per heavy atom. The molecular formula is C20H31N3O4S. The standard InChI is InChI=1S/C20H31N3O4S/c1-2-3-4-16-5-6-19(22-15-16)17-9-13-23(14-10-17)28(25,26)27-20(24)18-7-11-21-12-8-18/h5-6,15,17-18,21H,2-4,7-14H2,1H3. The van der Waals surface area contributed by atoms with Gasteiger partial charge in [0.25, 0.3) is 0 Å². The van der Waals surface area contributed by atoms with Gasteiger partial charge in [-0.3, -0.25) is 9.78 Å². The van der Waals surface area contributed by atoms with Crippen LogP contribution in [0.3, 0.4) is 0 Å². The van der Waals surface area contributed by atoms with Crippen LogP contribution < -0.4 is 5.32 Å². The maximum absolute atomic E-state index is 12.5. The predicted octanol–water partition coefficient (Wildman–Crippen LogP) is 2.39. The SMILES string of the molecule is CCCCc1ccc(C2CCN(S(=O)(=O)OC(=O)C3CCNCC3)CC2)nc1. The Morgan fingerprint density at radius 3 is 2.54 bits per heavy atom. The van der Waals surface area contributed by atoms with Crippen LogP contribution in [0.4, 0.5) is 0 Å². The average molecular weight is 410 g/mol. The minimum atomic E-state index is -4.01. The molecule has 0 bridgehead atoms. The van der Waals surface area contributed by atoms with Crippen LogP contribution in [0.5, 0.6) is 0 Å². The van der Waals surface area contributed by atoms with Crippen LogP contribution in [0, 0.1) is 5.92 Å². The summed E-state index contributed by atoms with van der Waals surface area (Å²) in [6.07, 6.45) is 7.92. The number of piperidine rings is 2. The third kappa shape index (κ3) is 5.52. The summed E-state index contributed by atoms with van der Waals surface area (Å²) >= 11 is 0. The highest BCUT2D eigenvalue weighted by molar-refractivity contribution is 7.84. The lowest BCUT2D eigenvalue weighted by molar-refractivity contribution is -0.139. The fourth-order valence-electron chi connectivity index (χ4n) is 3.86. The van der Waals surface area contributed by atoms with E-state index in [2.05, 4.69) is 29.4 Å². The van der Waals surface area contributed by atoms with E-state index in [-0.39, 0.29) is 11.8 Å². The highest BCUT2D eigenvalue weighted by atomic mass is 32.2. The predicted molar refractivity (Wildman–Crippen MR) is 107 cm³/mol. The number of carbonyl (C=O) groups is 1. The van der Waals surface area contributed by atoms with E-state index >= 15 is 0 Å². The summed E-state index contributed by atoms with van der Waals surface area (Å²) in [6.45, 7) is 4.32. The summed E-state index contributed by atoms with van der Waals surface area (Å²) < 4.78 is 31.2. The lowest BCUT2D eigenvalue weighted by atomic mass is 9.93. The van der Waals surface area contributed by atoms with Crippen molar-refractivity contribution in [3.63, 3.8) is 0 Å². The van der Waals surface area contributed by atoms with Gasteiger partial charge in [0, 0.05) is 30.9 Å². The summed E-state index contributed by atoms with van der Waals surface area (Å²) in [5, 5.41) is 3.16. The van der Waals surface area contributed by atoms with Crippen molar-refractivity contribution in [1.82, 2.24) is 14.6 Å². The van der Waals surface area contributed by atoms with Gasteiger partial charge in [-0.05, 0) is 63.2 Å². The molecule has 7 nitrogen and oxygen atoms in total. The van der Waals surface area contributed by atoms with E-state index in [1.807, 2.05) is 6.20 Å². The molecule has 2 aliphatic heterocycles. The second-order valence-corrected chi connectivity index (χ2v) is 9.29. The Labute approximate surface area is 168 Å². The van der Waals surface area contributed by atoms with E-state index in [9.17, 15) is 13.2 Å². The van der Waals surface area contributed by atoms with Crippen LogP contribution in [-0.2, 0) is 25.7 Å². The Bertz CT molecular complexity index is 737. The quantitative estimate of drug-likeness (QED) is 0.744. The molecule has 2 fully saturated rings. The maximum Gasteiger partial charge on any atom is 0.387 e. The van der Waals surface area contributed by atoms with Crippen molar-refractivity contribution in [3.8, 4) is 0 Å². The van der Waals surface area contributed by atoms with Gasteiger partial charge in [0.1, 0.15) is 0 Å². The number of nitrogens with one attached hydrogen (secondary N) is 1. The Balaban J connectivity index is 1.51. The van der Waals surface area contributed by atoms with Gasteiger partial charge in [-0.15, -0.1) is 0 Å². The number of nitrogens with zero attached hydrogens (tertiary/aromatic N) is 2. The molecule has 0 saturated carbocycles. The zero-order valence-corrected chi connectivity index (χ0v) is 17.4. The van der Waals surface area contributed by atoms with E-state index in [1.165, 1.54) is 9.87 Å². The molecule has 2 saturated heterocycles. The highest BCUT2D eigenvalue weighted by Gasteiger charge is 2.34. The van der Waals surface area contributed by atoms with Crippen molar-refractivity contribution in [2.24, 2.45) is 5.92 Å². The van der Waals surface area contributed by atoms with Gasteiger partial charge in [0.15, 0.2) is 0 Å². The van der Waals surface area contributed by atoms with Gasteiger partial charge in [-0.25, -0.2) is 0 Å². The number of aromatic nitrogens is 1. The minimum absolute atomic E-state index is 0.242. The third-order valence-electron chi connectivity index (χ3n) is 5.71. The monoisotopic (exact) mass is 409 g/mol. The van der Waals surface area contributed by atoms with Crippen LogP contribution in [0.1, 0.15) is 62.6 Å². The molecule has 8 heteroatoms. The zero-order valence-electron chi connectivity index (χ0n) is 16.6. The van der Waals surface area contributed by atoms with Crippen molar-refractivity contribution in [2.75, 3.05) is 26.2 Å². The Hall–Kier alpha value is -1.51. The van der Waals surface area contributed by atoms with E-state index in [0.717, 1.165) is 38.0 Å². The first-order valence-corrected chi connectivity index (χ1v) is 11.7. The first-order chi connectivity index (χ1) is 13.5. The van der Waals surface area contributed by atoms with Gasteiger partial charge in [0.05, 0.1) is 5.92 Å². The van der Waals surface area contributed by atoms with Crippen LogP contribution in [0.2, 0.25) is 0 Å². The molecule has 2 aliphatic rings. The van der Waals surface area contributed by atoms with Crippen molar-refractivity contribution in [3.05, 3.63) is 29.6 Å². The van der Waals surface area contributed by atoms with Gasteiger partial charge in [0.2, 0.25) is 0 Å². The molecule has 0 radical (unpaired) electrons. The molecule has 0 atom stereocenters. The van der Waals surface area contributed by atoms with Crippen LogP contribution >= 0.6 is 0 Å². The van der Waals surface area contributed by atoms with Crippen molar-refractivity contribution in [2.45, 2.75) is 57.8 Å². The number of aryl methyl sites for hydroxylation is 1. The van der Waals surface area contributed by atoms with Gasteiger partial charge >= 0.3 is 16.3 Å². The number of rotatable bonds is 7. The van der Waals surface area contributed by atoms with Crippen molar-refractivity contribution < 1.29 is 17.4 Å². The molecule has 3 heterocycles. The van der Waals surface area contributed by atoms with E-state index < -0.39 is 16.3 Å². The number of hydrogen-bond donors (Lipinski definition) is 1. The second-order valence-electron chi connectivity index (χ2n) is 7.75. The molecule has 0 amide bonds. The number of carbonyl (C=O) groups excluding carboxylic acids is 1. The lowest BCUT2D eigenvalue weighted by Gasteiger charge is -2.30. The van der Waals surface area contributed by atoms with Gasteiger partial charge in [-0.2, -0.15) is 12.7 Å². The summed E-state index contributed by atoms with van der Waals surface area (Å²) in [5.74, 6) is -0.705. The summed E-state index contributed by atoms with van der Waals surface area (Å²) in [4.78, 5) is 16.8. The third-order valence-corrected chi connectivity index (χ3v) is 7.09. The molecule has 0 unspecified atom stereocenters. The lowest BCUT2D eigenvalue weighted by Crippen LogP contribution is -2.41. The molecule has 1 N–H and O–H groups in total. The molecule has 0 aromatic carbocycles. The van der Waals surface area contributed by atoms with Gasteiger partial charge in [-0.1, -0.05) is 19.4 Å². The Kier molecular flexibility index (Phi) is 7.42. The molecule has 28 heavy (non-hydrogen) atoms. The minimum Gasteiger partial charge on any atom is -0.334 e. The normalized spacial score (nSPS) is 20.2. The fourth-order valence-corrected chi connectivity index (χ4v) is 4.97. The highest BCUT2D eigenvalue weighted by Crippen LogP contribution is 2.29. The Morgan fingerprint density at radius 2 is 1.93 bits per heavy atom. The van der Waals surface area contributed by atoms with Crippen LogP contribution in [0.25, 0.3) is 0 Å². The summed E-state index contributed by atoms with van der Waals surface area (Å²) in [5.41, 5.74) is 2.26. The number of pyridine rings is 1. The number of hydrogen-bond acceptors (Lipinski definition) is 6. The molecule has 156 valence electrons. The zero-order chi connectivity index (χ0) is 20.0. The van der Waals surface area contributed by atoms with Crippen molar-refractivity contribution in [1.29, 1.82) is 0 Å². The first-order valence-electron chi connectivity index (χ1n) is 10.4. The molecule has 0 aliphatic carbocycles. The number of unbranched alkanes of at least 4 members (excludes halogenated alkanes) is 1. The fraction of sp³-hybridized carbons (Fsp3) is 0.700. The molecule has 1 aromatic rings. The maximum atomic E-state index is 12.5. The van der Waals surface area contributed by atoms with Gasteiger partial charge < -0.3 is 9.50 Å².